The summed E-state index contributed by atoms with van der Waals surface area (Å²) in [4.78, 5) is 14.5. The molecule has 0 radical (unpaired) electrons. The number of hydrogen-bond donors (Lipinski definition) is 2. The average molecular weight is 373 g/mol. The predicted octanol–water partition coefficient (Wildman–Crippen LogP) is 3.36. The lowest BCUT2D eigenvalue weighted by Crippen LogP contribution is -2.45. The van der Waals surface area contributed by atoms with E-state index in [1.165, 1.54) is 0 Å². The Morgan fingerprint density at radius 2 is 1.88 bits per heavy atom. The number of nitrogens with one attached hydrogen (secondary N) is 1. The van der Waals surface area contributed by atoms with Crippen LogP contribution in [-0.4, -0.2) is 42.1 Å². The molecule has 0 aliphatic carbocycles. The fraction of sp³-hybridized carbons (Fsp3) is 0.381. The second-order valence-electron chi connectivity index (χ2n) is 7.01. The van der Waals surface area contributed by atoms with Crippen molar-refractivity contribution in [3.63, 3.8) is 0 Å². The molecule has 0 unspecified atom stereocenters. The van der Waals surface area contributed by atoms with Crippen LogP contribution >= 0.6 is 11.6 Å². The molecule has 4 nitrogen and oxygen atoms in total. The van der Waals surface area contributed by atoms with Gasteiger partial charge in [0.25, 0.3) is 5.91 Å². The maximum Gasteiger partial charge on any atom is 0.251 e. The number of aryl methyl sites for hydroxylation is 1. The summed E-state index contributed by atoms with van der Waals surface area (Å²) in [7, 11) is 0. The molecule has 2 aromatic rings. The van der Waals surface area contributed by atoms with E-state index in [9.17, 15) is 9.90 Å². The number of aliphatic hydroxyl groups is 1. The average Bonchev–Trinajstić information content (AvgIpc) is 2.64. The standard InChI is InChI=1S/C21H25ClN2O2/c1-16-3-2-4-17(15-16)20(25)23-11-14-24-12-9-21(26,10-13-24)18-5-7-19(22)8-6-18/h2-8,15,26H,9-14H2,1H3,(H,23,25). The number of likely N-dealkylation sites (tertiary alicyclic amines) is 1. The lowest BCUT2D eigenvalue weighted by Gasteiger charge is -2.38. The molecule has 0 atom stereocenters. The Kier molecular flexibility index (Phi) is 5.97. The lowest BCUT2D eigenvalue weighted by molar-refractivity contribution is -0.0255. The van der Waals surface area contributed by atoms with Crippen LogP contribution in [0.2, 0.25) is 5.02 Å². The van der Waals surface area contributed by atoms with Gasteiger partial charge in [-0.05, 0) is 49.6 Å². The summed E-state index contributed by atoms with van der Waals surface area (Å²) >= 11 is 5.93. The van der Waals surface area contributed by atoms with Crippen LogP contribution in [0.15, 0.2) is 48.5 Å². The van der Waals surface area contributed by atoms with E-state index in [-0.39, 0.29) is 5.91 Å². The Morgan fingerprint density at radius 3 is 2.54 bits per heavy atom. The first-order valence-corrected chi connectivity index (χ1v) is 9.40. The molecule has 1 aliphatic rings. The largest absolute Gasteiger partial charge is 0.385 e. The van der Waals surface area contributed by atoms with Gasteiger partial charge < -0.3 is 15.3 Å². The summed E-state index contributed by atoms with van der Waals surface area (Å²) in [6, 6.07) is 15.0. The Balaban J connectivity index is 1.45. The van der Waals surface area contributed by atoms with Gasteiger partial charge in [0, 0.05) is 36.8 Å². The molecule has 0 aromatic heterocycles. The van der Waals surface area contributed by atoms with Gasteiger partial charge in [-0.2, -0.15) is 0 Å². The van der Waals surface area contributed by atoms with Gasteiger partial charge in [0.2, 0.25) is 0 Å². The molecule has 26 heavy (non-hydrogen) atoms. The van der Waals surface area contributed by atoms with E-state index < -0.39 is 5.60 Å². The summed E-state index contributed by atoms with van der Waals surface area (Å²) < 4.78 is 0. The highest BCUT2D eigenvalue weighted by Gasteiger charge is 2.33. The summed E-state index contributed by atoms with van der Waals surface area (Å²) in [5.41, 5.74) is 1.91. The minimum Gasteiger partial charge on any atom is -0.385 e. The highest BCUT2D eigenvalue weighted by atomic mass is 35.5. The Morgan fingerprint density at radius 1 is 1.19 bits per heavy atom. The van der Waals surface area contributed by atoms with E-state index in [2.05, 4.69) is 10.2 Å². The van der Waals surface area contributed by atoms with Crippen LogP contribution in [-0.2, 0) is 5.60 Å². The SMILES string of the molecule is Cc1cccc(C(=O)NCCN2CCC(O)(c3ccc(Cl)cc3)CC2)c1. The summed E-state index contributed by atoms with van der Waals surface area (Å²) in [5, 5.41) is 14.6. The van der Waals surface area contributed by atoms with E-state index in [0.29, 0.717) is 30.0 Å². The van der Waals surface area contributed by atoms with Crippen LogP contribution in [0.3, 0.4) is 0 Å². The number of halogens is 1. The van der Waals surface area contributed by atoms with Gasteiger partial charge in [0.05, 0.1) is 5.60 Å². The van der Waals surface area contributed by atoms with Crippen LogP contribution in [0.5, 0.6) is 0 Å². The van der Waals surface area contributed by atoms with Crippen molar-refractivity contribution in [2.75, 3.05) is 26.2 Å². The zero-order valence-electron chi connectivity index (χ0n) is 15.0. The van der Waals surface area contributed by atoms with Crippen molar-refractivity contribution in [1.82, 2.24) is 10.2 Å². The molecule has 2 N–H and O–H groups in total. The number of benzene rings is 2. The van der Waals surface area contributed by atoms with Crippen LogP contribution in [0.4, 0.5) is 0 Å². The third kappa shape index (κ3) is 4.64. The topological polar surface area (TPSA) is 52.6 Å². The molecule has 0 saturated carbocycles. The molecule has 3 rings (SSSR count). The number of amides is 1. The zero-order valence-corrected chi connectivity index (χ0v) is 15.8. The first-order valence-electron chi connectivity index (χ1n) is 9.02. The Labute approximate surface area is 159 Å². The molecular weight excluding hydrogens is 348 g/mol. The minimum atomic E-state index is -0.786. The maximum absolute atomic E-state index is 12.2. The molecule has 1 heterocycles. The number of rotatable bonds is 5. The molecule has 1 aliphatic heterocycles. The van der Waals surface area contributed by atoms with Crippen LogP contribution < -0.4 is 5.32 Å². The second-order valence-corrected chi connectivity index (χ2v) is 7.44. The van der Waals surface area contributed by atoms with Gasteiger partial charge in [-0.15, -0.1) is 0 Å². The van der Waals surface area contributed by atoms with E-state index in [1.54, 1.807) is 0 Å². The number of carbonyl (C=O) groups excluding carboxylic acids is 1. The van der Waals surface area contributed by atoms with Crippen molar-refractivity contribution in [2.45, 2.75) is 25.4 Å². The fourth-order valence-corrected chi connectivity index (χ4v) is 3.54. The zero-order chi connectivity index (χ0) is 18.6. The predicted molar refractivity (Wildman–Crippen MR) is 105 cm³/mol. The lowest BCUT2D eigenvalue weighted by atomic mass is 9.84. The van der Waals surface area contributed by atoms with E-state index in [1.807, 2.05) is 55.5 Å². The first kappa shape index (κ1) is 18.9. The third-order valence-electron chi connectivity index (χ3n) is 5.06. The van der Waals surface area contributed by atoms with Crippen molar-refractivity contribution in [3.05, 3.63) is 70.2 Å². The van der Waals surface area contributed by atoms with E-state index in [0.717, 1.165) is 30.8 Å². The molecule has 2 aromatic carbocycles. The molecule has 1 saturated heterocycles. The maximum atomic E-state index is 12.2. The quantitative estimate of drug-likeness (QED) is 0.846. The monoisotopic (exact) mass is 372 g/mol. The van der Waals surface area contributed by atoms with Crippen LogP contribution in [0, 0.1) is 6.92 Å². The van der Waals surface area contributed by atoms with Crippen molar-refractivity contribution in [2.24, 2.45) is 0 Å². The van der Waals surface area contributed by atoms with Crippen molar-refractivity contribution in [3.8, 4) is 0 Å². The molecule has 138 valence electrons. The van der Waals surface area contributed by atoms with E-state index >= 15 is 0 Å². The minimum absolute atomic E-state index is 0.0385. The Hall–Kier alpha value is -1.88. The van der Waals surface area contributed by atoms with Crippen molar-refractivity contribution < 1.29 is 9.90 Å². The third-order valence-corrected chi connectivity index (χ3v) is 5.31. The van der Waals surface area contributed by atoms with E-state index in [4.69, 9.17) is 11.6 Å². The van der Waals surface area contributed by atoms with Crippen molar-refractivity contribution in [1.29, 1.82) is 0 Å². The molecule has 1 amide bonds. The smallest absolute Gasteiger partial charge is 0.251 e. The van der Waals surface area contributed by atoms with Gasteiger partial charge in [-0.25, -0.2) is 0 Å². The summed E-state index contributed by atoms with van der Waals surface area (Å²) in [6.45, 7) is 4.98. The number of piperidine rings is 1. The molecule has 0 spiro atoms. The molecule has 1 fully saturated rings. The van der Waals surface area contributed by atoms with Gasteiger partial charge in [0.1, 0.15) is 0 Å². The summed E-state index contributed by atoms with van der Waals surface area (Å²) in [6.07, 6.45) is 1.36. The number of hydrogen-bond acceptors (Lipinski definition) is 3. The van der Waals surface area contributed by atoms with Crippen LogP contribution in [0.1, 0.15) is 34.3 Å². The number of nitrogens with zero attached hydrogens (tertiary/aromatic N) is 1. The van der Waals surface area contributed by atoms with Gasteiger partial charge in [-0.3, -0.25) is 4.79 Å². The Bertz CT molecular complexity index is 753. The van der Waals surface area contributed by atoms with Crippen molar-refractivity contribution >= 4 is 17.5 Å². The molecular formula is C21H25ClN2O2. The normalized spacial score (nSPS) is 17.0. The molecule has 5 heteroatoms. The highest BCUT2D eigenvalue weighted by molar-refractivity contribution is 6.30. The van der Waals surface area contributed by atoms with Gasteiger partial charge in [0.15, 0.2) is 0 Å². The van der Waals surface area contributed by atoms with Crippen LogP contribution in [0.25, 0.3) is 0 Å². The van der Waals surface area contributed by atoms with Gasteiger partial charge >= 0.3 is 0 Å². The second kappa shape index (κ2) is 8.21. The summed E-state index contributed by atoms with van der Waals surface area (Å²) in [5.74, 6) is -0.0385. The highest BCUT2D eigenvalue weighted by Crippen LogP contribution is 2.33. The first-order chi connectivity index (χ1) is 12.5. The fourth-order valence-electron chi connectivity index (χ4n) is 3.41. The molecule has 0 bridgehead atoms. The van der Waals surface area contributed by atoms with Gasteiger partial charge in [-0.1, -0.05) is 41.4 Å². The number of carbonyl (C=O) groups is 1.